The SMILES string of the molecule is COC(=O)C[C@@H](NC(=O)c1n[nH]c2ccc([N+](=O)[O-])cc12)c1ccc(Cl)cc1. The number of benzene rings is 2. The number of aromatic amines is 1. The highest BCUT2D eigenvalue weighted by Gasteiger charge is 2.23. The second kappa shape index (κ2) is 8.05. The number of carbonyl (C=O) groups is 2. The van der Waals surface area contributed by atoms with Gasteiger partial charge in [-0.05, 0) is 23.8 Å². The Balaban J connectivity index is 1.92. The van der Waals surface area contributed by atoms with Crippen LogP contribution in [0.15, 0.2) is 42.5 Å². The number of halogens is 1. The van der Waals surface area contributed by atoms with Gasteiger partial charge in [-0.3, -0.25) is 24.8 Å². The molecule has 9 nitrogen and oxygen atoms in total. The van der Waals surface area contributed by atoms with Crippen molar-refractivity contribution in [2.45, 2.75) is 12.5 Å². The predicted molar refractivity (Wildman–Crippen MR) is 101 cm³/mol. The van der Waals surface area contributed by atoms with Gasteiger partial charge in [0.2, 0.25) is 0 Å². The van der Waals surface area contributed by atoms with Crippen LogP contribution in [0, 0.1) is 10.1 Å². The largest absolute Gasteiger partial charge is 0.469 e. The van der Waals surface area contributed by atoms with Crippen molar-refractivity contribution in [2.75, 3.05) is 7.11 Å². The molecule has 0 radical (unpaired) electrons. The molecule has 3 aromatic rings. The highest BCUT2D eigenvalue weighted by atomic mass is 35.5. The van der Waals surface area contributed by atoms with Gasteiger partial charge in [0.05, 0.1) is 30.0 Å². The van der Waals surface area contributed by atoms with E-state index in [-0.39, 0.29) is 17.8 Å². The first kappa shape index (κ1) is 19.3. The van der Waals surface area contributed by atoms with Gasteiger partial charge >= 0.3 is 5.97 Å². The second-order valence-corrected chi connectivity index (χ2v) is 6.35. The summed E-state index contributed by atoms with van der Waals surface area (Å²) in [7, 11) is 1.25. The van der Waals surface area contributed by atoms with Crippen molar-refractivity contribution >= 4 is 40.1 Å². The number of aromatic nitrogens is 2. The first-order chi connectivity index (χ1) is 13.4. The van der Waals surface area contributed by atoms with Gasteiger partial charge in [-0.25, -0.2) is 0 Å². The van der Waals surface area contributed by atoms with Gasteiger partial charge in [-0.1, -0.05) is 23.7 Å². The molecule has 0 saturated carbocycles. The van der Waals surface area contributed by atoms with Crippen LogP contribution in [0.4, 0.5) is 5.69 Å². The minimum atomic E-state index is -0.692. The second-order valence-electron chi connectivity index (χ2n) is 5.92. The highest BCUT2D eigenvalue weighted by molar-refractivity contribution is 6.30. The van der Waals surface area contributed by atoms with Crippen LogP contribution in [-0.2, 0) is 9.53 Å². The molecule has 0 saturated heterocycles. The normalized spacial score (nSPS) is 11.8. The molecular weight excluding hydrogens is 388 g/mol. The van der Waals surface area contributed by atoms with Crippen LogP contribution in [0.1, 0.15) is 28.5 Å². The van der Waals surface area contributed by atoms with E-state index >= 15 is 0 Å². The van der Waals surface area contributed by atoms with E-state index in [1.54, 1.807) is 24.3 Å². The third kappa shape index (κ3) is 4.09. The summed E-state index contributed by atoms with van der Waals surface area (Å²) in [6, 6.07) is 10.0. The van der Waals surface area contributed by atoms with Crippen molar-refractivity contribution in [2.24, 2.45) is 0 Å². The number of ether oxygens (including phenoxy) is 1. The number of H-pyrrole nitrogens is 1. The van der Waals surface area contributed by atoms with Crippen LogP contribution >= 0.6 is 11.6 Å². The molecule has 0 fully saturated rings. The molecule has 3 rings (SSSR count). The third-order valence-corrected chi connectivity index (χ3v) is 4.40. The number of amides is 1. The molecule has 144 valence electrons. The van der Waals surface area contributed by atoms with E-state index in [1.165, 1.54) is 25.3 Å². The van der Waals surface area contributed by atoms with Crippen LogP contribution in [0.25, 0.3) is 10.9 Å². The number of nitrogens with one attached hydrogen (secondary N) is 2. The van der Waals surface area contributed by atoms with Crippen molar-refractivity contribution in [3.8, 4) is 0 Å². The fourth-order valence-electron chi connectivity index (χ4n) is 2.71. The molecule has 1 amide bonds. The van der Waals surface area contributed by atoms with Gasteiger partial charge in [-0.15, -0.1) is 0 Å². The van der Waals surface area contributed by atoms with Crippen LogP contribution in [0.3, 0.4) is 0 Å². The number of hydrogen-bond donors (Lipinski definition) is 2. The quantitative estimate of drug-likeness (QED) is 0.370. The van der Waals surface area contributed by atoms with E-state index in [0.29, 0.717) is 21.5 Å². The summed E-state index contributed by atoms with van der Waals surface area (Å²) in [6.07, 6.45) is -0.105. The van der Waals surface area contributed by atoms with E-state index in [0.717, 1.165) is 0 Å². The number of esters is 1. The van der Waals surface area contributed by atoms with E-state index < -0.39 is 22.8 Å². The Labute approximate surface area is 163 Å². The Kier molecular flexibility index (Phi) is 5.55. The van der Waals surface area contributed by atoms with Crippen LogP contribution in [0.5, 0.6) is 0 Å². The molecule has 0 spiro atoms. The van der Waals surface area contributed by atoms with Crippen molar-refractivity contribution in [3.05, 3.63) is 68.9 Å². The number of nitrogens with zero attached hydrogens (tertiary/aromatic N) is 2. The maximum atomic E-state index is 12.8. The zero-order valence-electron chi connectivity index (χ0n) is 14.6. The van der Waals surface area contributed by atoms with Crippen LogP contribution in [-0.4, -0.2) is 34.1 Å². The lowest BCUT2D eigenvalue weighted by molar-refractivity contribution is -0.384. The smallest absolute Gasteiger partial charge is 0.307 e. The Hall–Kier alpha value is -3.46. The molecule has 1 heterocycles. The van der Waals surface area contributed by atoms with Gasteiger partial charge in [0.15, 0.2) is 5.69 Å². The summed E-state index contributed by atoms with van der Waals surface area (Å²) in [5.41, 5.74) is 0.954. The molecule has 1 atom stereocenters. The first-order valence-corrected chi connectivity index (χ1v) is 8.52. The van der Waals surface area contributed by atoms with E-state index in [2.05, 4.69) is 15.5 Å². The lowest BCUT2D eigenvalue weighted by Gasteiger charge is -2.18. The molecular formula is C18H15ClN4O5. The van der Waals surface area contributed by atoms with Crippen molar-refractivity contribution < 1.29 is 19.2 Å². The van der Waals surface area contributed by atoms with E-state index in [1.807, 2.05) is 0 Å². The molecule has 0 unspecified atom stereocenters. The van der Waals surface area contributed by atoms with E-state index in [4.69, 9.17) is 16.3 Å². The van der Waals surface area contributed by atoms with Gasteiger partial charge in [-0.2, -0.15) is 5.10 Å². The van der Waals surface area contributed by atoms with Crippen LogP contribution < -0.4 is 5.32 Å². The molecule has 1 aromatic heterocycles. The molecule has 2 aromatic carbocycles. The molecule has 0 aliphatic carbocycles. The van der Waals surface area contributed by atoms with Crippen LogP contribution in [0.2, 0.25) is 5.02 Å². The zero-order valence-corrected chi connectivity index (χ0v) is 15.4. The maximum absolute atomic E-state index is 12.8. The first-order valence-electron chi connectivity index (χ1n) is 8.14. The summed E-state index contributed by atoms with van der Waals surface area (Å²) in [5, 5.41) is 21.2. The molecule has 28 heavy (non-hydrogen) atoms. The number of non-ortho nitro benzene ring substituents is 1. The monoisotopic (exact) mass is 402 g/mol. The lowest BCUT2D eigenvalue weighted by Crippen LogP contribution is -2.30. The number of carbonyl (C=O) groups excluding carboxylic acids is 2. The topological polar surface area (TPSA) is 127 Å². The van der Waals surface area contributed by atoms with Crippen molar-refractivity contribution in [3.63, 3.8) is 0 Å². The summed E-state index contributed by atoms with van der Waals surface area (Å²) >= 11 is 5.89. The summed E-state index contributed by atoms with van der Waals surface area (Å²) < 4.78 is 4.70. The Morgan fingerprint density at radius 3 is 2.64 bits per heavy atom. The number of methoxy groups -OCH3 is 1. The summed E-state index contributed by atoms with van der Waals surface area (Å²) in [5.74, 6) is -1.10. The number of rotatable bonds is 6. The summed E-state index contributed by atoms with van der Waals surface area (Å²) in [4.78, 5) is 35.0. The average Bonchev–Trinajstić information content (AvgIpc) is 3.11. The Morgan fingerprint density at radius 2 is 2.00 bits per heavy atom. The third-order valence-electron chi connectivity index (χ3n) is 4.15. The number of nitro groups is 1. The number of nitro benzene ring substituents is 1. The minimum Gasteiger partial charge on any atom is -0.469 e. The predicted octanol–water partition coefficient (Wildman–Crippen LogP) is 3.16. The van der Waals surface area contributed by atoms with Crippen molar-refractivity contribution in [1.29, 1.82) is 0 Å². The minimum absolute atomic E-state index is 0.0115. The molecule has 0 bridgehead atoms. The van der Waals surface area contributed by atoms with Gasteiger partial charge in [0.1, 0.15) is 0 Å². The number of hydrogen-bond acceptors (Lipinski definition) is 6. The average molecular weight is 403 g/mol. The molecule has 0 aliphatic heterocycles. The van der Waals surface area contributed by atoms with Gasteiger partial charge in [0.25, 0.3) is 11.6 Å². The Bertz CT molecular complexity index is 1050. The standard InChI is InChI=1S/C18H15ClN4O5/c1-28-16(24)9-15(10-2-4-11(19)5-3-10)20-18(25)17-13-8-12(23(26)27)6-7-14(13)21-22-17/h2-8,15H,9H2,1H3,(H,20,25)(H,21,22)/t15-/m1/s1. The highest BCUT2D eigenvalue weighted by Crippen LogP contribution is 2.24. The fourth-order valence-corrected chi connectivity index (χ4v) is 2.84. The van der Waals surface area contributed by atoms with E-state index in [9.17, 15) is 19.7 Å². The molecule has 2 N–H and O–H groups in total. The Morgan fingerprint density at radius 1 is 1.29 bits per heavy atom. The van der Waals surface area contributed by atoms with Crippen molar-refractivity contribution in [1.82, 2.24) is 15.5 Å². The maximum Gasteiger partial charge on any atom is 0.307 e. The summed E-state index contributed by atoms with van der Waals surface area (Å²) in [6.45, 7) is 0. The fraction of sp³-hybridized carbons (Fsp3) is 0.167. The van der Waals surface area contributed by atoms with Gasteiger partial charge < -0.3 is 10.1 Å². The number of fused-ring (bicyclic) bond motifs is 1. The van der Waals surface area contributed by atoms with Gasteiger partial charge in [0, 0.05) is 22.5 Å². The zero-order chi connectivity index (χ0) is 20.3. The lowest BCUT2D eigenvalue weighted by atomic mass is 10.0. The molecule has 0 aliphatic rings. The molecule has 10 heteroatoms.